The van der Waals surface area contributed by atoms with Gasteiger partial charge in [0.1, 0.15) is 0 Å². The summed E-state index contributed by atoms with van der Waals surface area (Å²) in [6, 6.07) is 6.51. The summed E-state index contributed by atoms with van der Waals surface area (Å²) in [4.78, 5) is 18.4. The van der Waals surface area contributed by atoms with Crippen LogP contribution < -0.4 is 20.5 Å². The van der Waals surface area contributed by atoms with Gasteiger partial charge < -0.3 is 30.2 Å². The van der Waals surface area contributed by atoms with E-state index < -0.39 is 0 Å². The van der Waals surface area contributed by atoms with E-state index in [1.165, 1.54) is 24.8 Å². The van der Waals surface area contributed by atoms with Crippen LogP contribution in [0.3, 0.4) is 0 Å². The van der Waals surface area contributed by atoms with E-state index in [-0.39, 0.29) is 48.3 Å². The number of carbonyl (C=O) groups is 1. The Hall–Kier alpha value is -1.91. The van der Waals surface area contributed by atoms with Crippen molar-refractivity contribution in [2.45, 2.75) is 63.3 Å². The highest BCUT2D eigenvalue weighted by molar-refractivity contribution is 14.0. The fraction of sp³-hybridized carbons (Fsp3) is 0.652. The van der Waals surface area contributed by atoms with Gasteiger partial charge in [-0.05, 0) is 50.3 Å². The summed E-state index contributed by atoms with van der Waals surface area (Å²) in [5.41, 5.74) is 7.52. The molecule has 1 saturated carbocycles. The van der Waals surface area contributed by atoms with Crippen molar-refractivity contribution in [2.24, 2.45) is 10.7 Å². The van der Waals surface area contributed by atoms with Gasteiger partial charge in [-0.2, -0.15) is 0 Å². The summed E-state index contributed by atoms with van der Waals surface area (Å²) in [5.74, 6) is 2.12. The zero-order valence-corrected chi connectivity index (χ0v) is 21.1. The van der Waals surface area contributed by atoms with E-state index in [4.69, 9.17) is 24.9 Å². The Labute approximate surface area is 207 Å². The lowest BCUT2D eigenvalue weighted by atomic mass is 9.69. The molecule has 1 amide bonds. The second-order valence-corrected chi connectivity index (χ2v) is 8.72. The number of benzene rings is 1. The van der Waals surface area contributed by atoms with Gasteiger partial charge in [-0.25, -0.2) is 4.79 Å². The third-order valence-electron chi connectivity index (χ3n) is 6.72. The van der Waals surface area contributed by atoms with E-state index in [1.807, 2.05) is 13.0 Å². The molecule has 1 saturated heterocycles. The molecule has 2 fully saturated rings. The first-order chi connectivity index (χ1) is 15.1. The molecule has 0 unspecified atom stereocenters. The number of rotatable bonds is 5. The first-order valence-corrected chi connectivity index (χ1v) is 11.5. The molecule has 2 aliphatic heterocycles. The molecule has 2 heterocycles. The van der Waals surface area contributed by atoms with Gasteiger partial charge in [0.2, 0.25) is 6.79 Å². The van der Waals surface area contributed by atoms with Crippen molar-refractivity contribution in [2.75, 3.05) is 33.0 Å². The van der Waals surface area contributed by atoms with Crippen LogP contribution in [0.15, 0.2) is 23.2 Å². The number of carbonyl (C=O) groups excluding carboxylic acids is 1. The van der Waals surface area contributed by atoms with Crippen LogP contribution in [-0.2, 0) is 10.2 Å². The first kappa shape index (κ1) is 24.7. The first-order valence-electron chi connectivity index (χ1n) is 11.5. The summed E-state index contributed by atoms with van der Waals surface area (Å²) in [7, 11) is 0. The third kappa shape index (κ3) is 5.71. The molecule has 0 aromatic heterocycles. The van der Waals surface area contributed by atoms with Crippen LogP contribution in [0.1, 0.15) is 57.4 Å². The smallest absolute Gasteiger partial charge is 0.409 e. The number of fused-ring (bicyclic) bond motifs is 1. The molecule has 8 nitrogen and oxygen atoms in total. The molecule has 0 bridgehead atoms. The largest absolute Gasteiger partial charge is 0.454 e. The number of likely N-dealkylation sites (tertiary alicyclic amines) is 1. The number of ether oxygens (including phenoxy) is 3. The molecular formula is C23H35IN4O4. The van der Waals surface area contributed by atoms with Crippen LogP contribution in [0.4, 0.5) is 4.79 Å². The van der Waals surface area contributed by atoms with Crippen LogP contribution in [-0.4, -0.2) is 56.0 Å². The van der Waals surface area contributed by atoms with Gasteiger partial charge in [0.25, 0.3) is 0 Å². The second kappa shape index (κ2) is 11.3. The minimum Gasteiger partial charge on any atom is -0.454 e. The number of amides is 1. The standard InChI is InChI=1S/C23H34N4O4.HI/c1-2-29-22(28)27-12-8-18(9-13-27)26-21(24)25-15-23(10-4-3-5-11-23)17-6-7-19-20(14-17)31-16-30-19;/h6-7,14,18H,2-5,8-13,15-16H2,1H3,(H3,24,25,26);1H. The molecule has 3 aliphatic rings. The van der Waals surface area contributed by atoms with Crippen LogP contribution in [0.25, 0.3) is 0 Å². The summed E-state index contributed by atoms with van der Waals surface area (Å²) in [6.45, 7) is 4.52. The van der Waals surface area contributed by atoms with Gasteiger partial charge in [-0.3, -0.25) is 4.99 Å². The van der Waals surface area contributed by atoms with E-state index >= 15 is 0 Å². The molecule has 1 aliphatic carbocycles. The quantitative estimate of drug-likeness (QED) is 0.325. The summed E-state index contributed by atoms with van der Waals surface area (Å²) in [6.07, 6.45) is 7.30. The van der Waals surface area contributed by atoms with Crippen molar-refractivity contribution in [3.8, 4) is 11.5 Å². The van der Waals surface area contributed by atoms with E-state index in [0.29, 0.717) is 32.2 Å². The van der Waals surface area contributed by atoms with E-state index in [0.717, 1.165) is 37.2 Å². The molecule has 0 atom stereocenters. The van der Waals surface area contributed by atoms with Crippen molar-refractivity contribution < 1.29 is 19.0 Å². The molecule has 9 heteroatoms. The third-order valence-corrected chi connectivity index (χ3v) is 6.72. The van der Waals surface area contributed by atoms with Crippen molar-refractivity contribution in [1.29, 1.82) is 0 Å². The van der Waals surface area contributed by atoms with Crippen molar-refractivity contribution in [3.63, 3.8) is 0 Å². The van der Waals surface area contributed by atoms with E-state index in [9.17, 15) is 4.79 Å². The van der Waals surface area contributed by atoms with Crippen LogP contribution in [0.5, 0.6) is 11.5 Å². The predicted molar refractivity (Wildman–Crippen MR) is 134 cm³/mol. The topological polar surface area (TPSA) is 98.4 Å². The molecule has 1 aromatic rings. The molecule has 178 valence electrons. The molecule has 1 aromatic carbocycles. The number of piperidine rings is 1. The maximum Gasteiger partial charge on any atom is 0.409 e. The van der Waals surface area contributed by atoms with E-state index in [2.05, 4.69) is 17.4 Å². The number of guanidine groups is 1. The molecule has 3 N–H and O–H groups in total. The Morgan fingerprint density at radius 1 is 1.22 bits per heavy atom. The minimum absolute atomic E-state index is 0. The lowest BCUT2D eigenvalue weighted by Gasteiger charge is -2.37. The summed E-state index contributed by atoms with van der Waals surface area (Å²) >= 11 is 0. The van der Waals surface area contributed by atoms with Gasteiger partial charge in [0.05, 0.1) is 13.2 Å². The average Bonchev–Trinajstić information content (AvgIpc) is 3.27. The van der Waals surface area contributed by atoms with Gasteiger partial charge >= 0.3 is 6.09 Å². The highest BCUT2D eigenvalue weighted by Gasteiger charge is 2.35. The fourth-order valence-electron chi connectivity index (χ4n) is 4.91. The second-order valence-electron chi connectivity index (χ2n) is 8.72. The molecule has 4 rings (SSSR count). The molecule has 32 heavy (non-hydrogen) atoms. The zero-order chi connectivity index (χ0) is 21.7. The average molecular weight is 558 g/mol. The number of nitrogens with one attached hydrogen (secondary N) is 1. The highest BCUT2D eigenvalue weighted by Crippen LogP contribution is 2.43. The summed E-state index contributed by atoms with van der Waals surface area (Å²) in [5, 5.41) is 3.36. The monoisotopic (exact) mass is 558 g/mol. The Balaban J connectivity index is 0.00000289. The van der Waals surface area contributed by atoms with Crippen molar-refractivity contribution in [3.05, 3.63) is 23.8 Å². The highest BCUT2D eigenvalue weighted by atomic mass is 127. The van der Waals surface area contributed by atoms with Gasteiger partial charge in [-0.1, -0.05) is 25.3 Å². The van der Waals surface area contributed by atoms with Crippen LogP contribution >= 0.6 is 24.0 Å². The predicted octanol–water partition coefficient (Wildman–Crippen LogP) is 3.76. The van der Waals surface area contributed by atoms with Crippen LogP contribution in [0.2, 0.25) is 0 Å². The molecule has 0 spiro atoms. The normalized spacial score (nSPS) is 20.4. The summed E-state index contributed by atoms with van der Waals surface area (Å²) < 4.78 is 16.2. The Kier molecular flexibility index (Phi) is 8.72. The Morgan fingerprint density at radius 3 is 2.66 bits per heavy atom. The Morgan fingerprint density at radius 2 is 1.94 bits per heavy atom. The Bertz CT molecular complexity index is 805. The SMILES string of the molecule is CCOC(=O)N1CCC(NC(N)=NCC2(c3ccc4c(c3)OCO4)CCCCC2)CC1.I. The number of aliphatic imine (C=N–C) groups is 1. The zero-order valence-electron chi connectivity index (χ0n) is 18.8. The van der Waals surface area contributed by atoms with Crippen molar-refractivity contribution in [1.82, 2.24) is 10.2 Å². The number of nitrogens with two attached hydrogens (primary N) is 1. The maximum absolute atomic E-state index is 11.9. The fourth-order valence-corrected chi connectivity index (χ4v) is 4.91. The number of halogens is 1. The maximum atomic E-state index is 11.9. The number of nitrogens with zero attached hydrogens (tertiary/aromatic N) is 2. The van der Waals surface area contributed by atoms with E-state index in [1.54, 1.807) is 4.90 Å². The lowest BCUT2D eigenvalue weighted by molar-refractivity contribution is 0.0963. The number of hydrogen-bond donors (Lipinski definition) is 2. The molecule has 0 radical (unpaired) electrons. The van der Waals surface area contributed by atoms with Gasteiger partial charge in [-0.15, -0.1) is 24.0 Å². The van der Waals surface area contributed by atoms with Crippen LogP contribution in [0, 0.1) is 0 Å². The van der Waals surface area contributed by atoms with Crippen molar-refractivity contribution >= 4 is 36.0 Å². The lowest BCUT2D eigenvalue weighted by Crippen LogP contribution is -2.49. The van der Waals surface area contributed by atoms with Gasteiger partial charge in [0, 0.05) is 24.5 Å². The van der Waals surface area contributed by atoms with Gasteiger partial charge in [0.15, 0.2) is 17.5 Å². The minimum atomic E-state index is -0.231. The molecular weight excluding hydrogens is 523 g/mol. The number of hydrogen-bond acceptors (Lipinski definition) is 5.